The maximum Gasteiger partial charge on any atom is 0.419 e. The van der Waals surface area contributed by atoms with Crippen LogP contribution in [0.1, 0.15) is 110 Å². The number of carbonyl (C=O) groups excluding carboxylic acids is 10. The van der Waals surface area contributed by atoms with Crippen LogP contribution in [0.5, 0.6) is 17.2 Å². The van der Waals surface area contributed by atoms with Gasteiger partial charge in [0.15, 0.2) is 23.1 Å². The number of Topliss-reactive ketones (excluding diaryl/α,β-unsaturated/α-hetero) is 2. The summed E-state index contributed by atoms with van der Waals surface area (Å²) in [6.45, 7) is 3.74. The molecule has 4 atom stereocenters. The molecular weight excluding hydrogens is 1170 g/mol. The van der Waals surface area contributed by atoms with Crippen LogP contribution in [0, 0.1) is 5.92 Å². The highest BCUT2D eigenvalue weighted by Crippen LogP contribution is 2.41. The summed E-state index contributed by atoms with van der Waals surface area (Å²) in [6.07, 6.45) is 10.6. The maximum atomic E-state index is 14.6. The van der Waals surface area contributed by atoms with Gasteiger partial charge in [-0.1, -0.05) is 31.2 Å². The zero-order valence-corrected chi connectivity index (χ0v) is 51.9. The monoisotopic (exact) mass is 1250 g/mol. The van der Waals surface area contributed by atoms with Gasteiger partial charge in [0.25, 0.3) is 11.8 Å². The normalized spacial score (nSPS) is 15.8. The van der Waals surface area contributed by atoms with Gasteiger partial charge in [-0.15, -0.1) is 0 Å². The number of imide groups is 1. The molecule has 6 aromatic rings. The lowest BCUT2D eigenvalue weighted by Crippen LogP contribution is -2.49. The van der Waals surface area contributed by atoms with Crippen LogP contribution in [0.2, 0.25) is 0 Å². The van der Waals surface area contributed by atoms with Gasteiger partial charge in [0.05, 0.1) is 48.8 Å². The van der Waals surface area contributed by atoms with Gasteiger partial charge < -0.3 is 49.5 Å². The van der Waals surface area contributed by atoms with Gasteiger partial charge in [0.2, 0.25) is 35.4 Å². The number of rotatable bonds is 27. The number of hydrogen-bond acceptors (Lipinski definition) is 16. The number of unbranched alkanes of at least 4 members (excludes halogenated alkanes) is 1. The number of ether oxygens (including phenoxy) is 3. The van der Waals surface area contributed by atoms with Crippen molar-refractivity contribution in [3.8, 4) is 28.4 Å². The Balaban J connectivity index is 0.757. The van der Waals surface area contributed by atoms with Gasteiger partial charge in [-0.2, -0.15) is 11.8 Å². The lowest BCUT2D eigenvalue weighted by Gasteiger charge is -2.36. The third-order valence-corrected chi connectivity index (χ3v) is 16.9. The molecule has 3 aliphatic rings. The second-order valence-corrected chi connectivity index (χ2v) is 23.6. The molecule has 0 saturated carbocycles. The molecule has 1 unspecified atom stereocenters. The molecule has 472 valence electrons. The number of amides is 8. The number of nitrogens with zero attached hydrogens (tertiary/aromatic N) is 7. The Hall–Kier alpha value is -9.65. The van der Waals surface area contributed by atoms with Crippen molar-refractivity contribution in [2.24, 2.45) is 20.0 Å². The molecule has 9 rings (SSSR count). The molecule has 0 spiro atoms. The molecule has 24 nitrogen and oxygen atoms in total. The summed E-state index contributed by atoms with van der Waals surface area (Å²) in [7, 11) is 4.99. The highest BCUT2D eigenvalue weighted by Gasteiger charge is 2.41. The van der Waals surface area contributed by atoms with Crippen molar-refractivity contribution in [1.82, 2.24) is 34.2 Å². The van der Waals surface area contributed by atoms with Crippen LogP contribution in [-0.4, -0.2) is 138 Å². The molecule has 1 fully saturated rings. The molecule has 0 aliphatic carbocycles. The van der Waals surface area contributed by atoms with E-state index in [0.717, 1.165) is 22.3 Å². The summed E-state index contributed by atoms with van der Waals surface area (Å²) in [4.78, 5) is 145. The van der Waals surface area contributed by atoms with E-state index in [9.17, 15) is 47.9 Å². The molecule has 4 N–H and O–H groups in total. The topological polar surface area (TPSA) is 292 Å². The smallest absolute Gasteiger partial charge is 0.419 e. The number of thioether (sulfide) groups is 1. The molecule has 90 heavy (non-hydrogen) atoms. The summed E-state index contributed by atoms with van der Waals surface area (Å²) in [5.74, 6) is -2.51. The highest BCUT2D eigenvalue weighted by atomic mass is 32.2. The average Bonchev–Trinajstić information content (AvgIpc) is 1.57. The van der Waals surface area contributed by atoms with Crippen LogP contribution in [0.25, 0.3) is 11.1 Å². The molecule has 25 heteroatoms. The number of hydrogen-bond donors (Lipinski definition) is 4. The van der Waals surface area contributed by atoms with Crippen molar-refractivity contribution in [3.63, 3.8) is 0 Å². The van der Waals surface area contributed by atoms with Gasteiger partial charge in [0, 0.05) is 119 Å². The zero-order chi connectivity index (χ0) is 64.2. The number of fused-ring (bicyclic) bond motifs is 3. The number of pyridine rings is 1. The van der Waals surface area contributed by atoms with Crippen molar-refractivity contribution in [2.75, 3.05) is 53.9 Å². The van der Waals surface area contributed by atoms with E-state index in [1.165, 1.54) is 57.6 Å². The van der Waals surface area contributed by atoms with E-state index < -0.39 is 35.9 Å². The number of benzene rings is 3. The number of aryl methyl sites for hydroxylation is 2. The third kappa shape index (κ3) is 16.2. The molecule has 0 bridgehead atoms. The lowest BCUT2D eigenvalue weighted by atomic mass is 9.93. The molecule has 3 aliphatic heterocycles. The molecule has 6 heterocycles. The van der Waals surface area contributed by atoms with Crippen molar-refractivity contribution in [1.29, 1.82) is 0 Å². The fourth-order valence-corrected chi connectivity index (χ4v) is 11.6. The number of methoxy groups -OCH3 is 1. The first-order valence-corrected chi connectivity index (χ1v) is 31.1. The predicted octanol–water partition coefficient (Wildman–Crippen LogP) is 7.90. The first-order chi connectivity index (χ1) is 43.2. The Morgan fingerprint density at radius 2 is 1.51 bits per heavy atom. The number of aromatic nitrogens is 4. The summed E-state index contributed by atoms with van der Waals surface area (Å²) >= 11 is 1.34. The molecule has 1 saturated heterocycles. The Morgan fingerprint density at radius 3 is 2.22 bits per heavy atom. The quantitative estimate of drug-likeness (QED) is 0.0281. The fraction of sp³-hybridized carbons (Fsp3) is 0.385. The second kappa shape index (κ2) is 29.6. The Morgan fingerprint density at radius 1 is 0.767 bits per heavy atom. The first kappa shape index (κ1) is 64.8. The van der Waals surface area contributed by atoms with Gasteiger partial charge in [-0.25, -0.2) is 14.8 Å². The second-order valence-electron chi connectivity index (χ2n) is 22.6. The van der Waals surface area contributed by atoms with E-state index in [0.29, 0.717) is 43.7 Å². The van der Waals surface area contributed by atoms with Gasteiger partial charge in [-0.3, -0.25) is 53.0 Å². The summed E-state index contributed by atoms with van der Waals surface area (Å²) in [6, 6.07) is 21.2. The van der Waals surface area contributed by atoms with E-state index in [2.05, 4.69) is 31.2 Å². The number of ketones is 2. The van der Waals surface area contributed by atoms with Crippen molar-refractivity contribution in [3.05, 3.63) is 126 Å². The SMILES string of the molecule is COc1cc2c(cc1OCCCC(=O)Nc1cn(C)c(C(=O)Nc3ccc(-c4ccn(C)c4)cn3)n1)N(C(=O)Oc1ccc(NC(=O)[C@@H](C)CC(=O)[C@@H](C)NC(=O)CCCCC(=O)CCCN3C(=O)CC(SC)C3=O)cc1)C[C@@H]1Cc3ccccc3CN1C2=O. The number of carbonyl (C=O) groups is 10. The van der Waals surface area contributed by atoms with E-state index >= 15 is 0 Å². The number of anilines is 4. The molecule has 0 radical (unpaired) electrons. The summed E-state index contributed by atoms with van der Waals surface area (Å²) in [5, 5.41) is 10.6. The Kier molecular flexibility index (Phi) is 21.3. The van der Waals surface area contributed by atoms with Crippen LogP contribution in [0.15, 0.2) is 104 Å². The van der Waals surface area contributed by atoms with E-state index in [-0.39, 0.29) is 151 Å². The van der Waals surface area contributed by atoms with Crippen LogP contribution in [-0.2, 0) is 60.6 Å². The Bertz CT molecular complexity index is 3700. The first-order valence-electron chi connectivity index (χ1n) is 29.8. The van der Waals surface area contributed by atoms with Crippen LogP contribution < -0.4 is 40.4 Å². The number of likely N-dealkylation sites (tertiary alicyclic amines) is 1. The zero-order valence-electron chi connectivity index (χ0n) is 51.1. The van der Waals surface area contributed by atoms with Gasteiger partial charge >= 0.3 is 6.09 Å². The van der Waals surface area contributed by atoms with Crippen LogP contribution in [0.3, 0.4) is 0 Å². The fourth-order valence-electron chi connectivity index (χ4n) is 10.9. The van der Waals surface area contributed by atoms with Crippen molar-refractivity contribution >= 4 is 93.8 Å². The van der Waals surface area contributed by atoms with E-state index in [1.54, 1.807) is 62.5 Å². The Labute approximate surface area is 524 Å². The van der Waals surface area contributed by atoms with Crippen LogP contribution >= 0.6 is 11.8 Å². The minimum atomic E-state index is -0.864. The van der Waals surface area contributed by atoms with Gasteiger partial charge in [-0.05, 0) is 105 Å². The van der Waals surface area contributed by atoms with Crippen LogP contribution in [0.4, 0.5) is 27.8 Å². The van der Waals surface area contributed by atoms with Crippen molar-refractivity contribution < 1.29 is 62.2 Å². The standard InChI is InChI=1S/C65H73N11O13S/c1-39(29-51(78)40(2)67-57(79)17-10-9-15-47(77)16-11-26-74-59(81)33-54(90-6)64(74)85)61(82)68-45-20-22-48(23-21-45)89-65(86)76-37-46-30-41-13-7-8-14-43(41)36-75(46)63(84)49-31-52(87-5)53(32-50(49)76)88-28-12-18-58(80)69-56-38-73(4)60(70-56)62(83)71-55-24-19-42(34-66-55)44-25-27-72(3)35-44/h7-8,13-14,19-25,27,31-32,34-35,38-40,46,54H,9-12,15-18,26,28-30,33,36-37H2,1-6H3,(H,67,79)(H,68,82)(H,69,80)(H,66,71,83)/t39-,40+,46-,54?/m0/s1. The minimum absolute atomic E-state index is 0.00757. The number of nitrogens with one attached hydrogen (secondary N) is 4. The molecule has 3 aromatic heterocycles. The average molecular weight is 1250 g/mol. The molecule has 8 amide bonds. The lowest BCUT2D eigenvalue weighted by molar-refractivity contribution is -0.138. The van der Waals surface area contributed by atoms with Crippen molar-refractivity contribution in [2.45, 2.75) is 108 Å². The molecule has 3 aromatic carbocycles. The summed E-state index contributed by atoms with van der Waals surface area (Å²) in [5.41, 5.74) is 4.65. The number of imidazole rings is 1. The van der Waals surface area contributed by atoms with E-state index in [4.69, 9.17) is 14.2 Å². The highest BCUT2D eigenvalue weighted by molar-refractivity contribution is 8.00. The summed E-state index contributed by atoms with van der Waals surface area (Å²) < 4.78 is 21.3. The molecular formula is C65H73N11O13S. The third-order valence-electron chi connectivity index (χ3n) is 15.9. The van der Waals surface area contributed by atoms with E-state index in [1.807, 2.05) is 60.4 Å². The maximum absolute atomic E-state index is 14.6. The predicted molar refractivity (Wildman–Crippen MR) is 336 cm³/mol. The van der Waals surface area contributed by atoms with Gasteiger partial charge in [0.1, 0.15) is 17.4 Å². The minimum Gasteiger partial charge on any atom is -0.493 e. The largest absolute Gasteiger partial charge is 0.493 e.